The fourth-order valence-corrected chi connectivity index (χ4v) is 4.88. The first kappa shape index (κ1) is 24.7. The Labute approximate surface area is 217 Å². The van der Waals surface area contributed by atoms with Crippen molar-refractivity contribution >= 4 is 45.9 Å². The van der Waals surface area contributed by atoms with Gasteiger partial charge in [-0.15, -0.1) is 0 Å². The zero-order valence-corrected chi connectivity index (χ0v) is 22.3. The first-order chi connectivity index (χ1) is 17.6. The van der Waals surface area contributed by atoms with Crippen LogP contribution in [0.15, 0.2) is 34.8 Å². The number of carbonyl (C=O) groups is 1. The highest BCUT2D eigenvalue weighted by Gasteiger charge is 2.28. The minimum Gasteiger partial charge on any atom is -0.365 e. The predicted molar refractivity (Wildman–Crippen MR) is 145 cm³/mol. The van der Waals surface area contributed by atoms with Crippen molar-refractivity contribution in [2.24, 2.45) is 7.05 Å². The molecule has 1 atom stereocenters. The first-order valence-electron chi connectivity index (χ1n) is 12.0. The number of fused-ring (bicyclic) bond motifs is 1. The molecule has 0 saturated carbocycles. The Hall–Kier alpha value is -4.00. The van der Waals surface area contributed by atoms with Crippen LogP contribution in [-0.4, -0.2) is 60.9 Å². The smallest absolute Gasteiger partial charge is 0.319 e. The Morgan fingerprint density at radius 1 is 1.24 bits per heavy atom. The molecular weight excluding hydrogens is 492 g/mol. The van der Waals surface area contributed by atoms with Gasteiger partial charge in [0.05, 0.1) is 17.4 Å². The SMILES string of the molecule is CNc1ncc2cc(N3CCC(NC(=O)Nc4cn(C(C)(C)C)nc4-c4cnsc4)C3)c(=O)n(C)c2n1. The van der Waals surface area contributed by atoms with Gasteiger partial charge in [0.1, 0.15) is 17.0 Å². The molecule has 4 aromatic rings. The van der Waals surface area contributed by atoms with E-state index < -0.39 is 0 Å². The number of amides is 2. The third-order valence-electron chi connectivity index (χ3n) is 6.37. The summed E-state index contributed by atoms with van der Waals surface area (Å²) in [5, 5.41) is 16.3. The van der Waals surface area contributed by atoms with Gasteiger partial charge in [0.15, 0.2) is 0 Å². The van der Waals surface area contributed by atoms with Crippen LogP contribution in [0.25, 0.3) is 22.3 Å². The number of anilines is 3. The average Bonchev–Trinajstić information content (AvgIpc) is 3.62. The zero-order chi connectivity index (χ0) is 26.3. The van der Waals surface area contributed by atoms with Crippen LogP contribution in [0, 0.1) is 0 Å². The van der Waals surface area contributed by atoms with Crippen LogP contribution in [0.3, 0.4) is 0 Å². The van der Waals surface area contributed by atoms with E-state index in [4.69, 9.17) is 5.10 Å². The molecule has 1 aliphatic rings. The molecule has 1 fully saturated rings. The molecule has 5 rings (SSSR count). The normalized spacial score (nSPS) is 15.8. The van der Waals surface area contributed by atoms with Crippen LogP contribution in [0.1, 0.15) is 27.2 Å². The first-order valence-corrected chi connectivity index (χ1v) is 12.8. The van der Waals surface area contributed by atoms with Crippen LogP contribution < -0.4 is 26.4 Å². The van der Waals surface area contributed by atoms with Gasteiger partial charge in [0.25, 0.3) is 5.56 Å². The molecule has 0 aliphatic carbocycles. The maximum absolute atomic E-state index is 13.1. The molecule has 13 heteroatoms. The molecule has 194 valence electrons. The number of pyridine rings is 1. The Morgan fingerprint density at radius 2 is 2.05 bits per heavy atom. The number of nitrogens with zero attached hydrogens (tertiary/aromatic N) is 7. The molecule has 0 radical (unpaired) electrons. The van der Waals surface area contributed by atoms with Gasteiger partial charge in [-0.1, -0.05) is 0 Å². The third-order valence-corrected chi connectivity index (χ3v) is 6.96. The van der Waals surface area contributed by atoms with Gasteiger partial charge in [-0.05, 0) is 44.8 Å². The molecule has 2 amide bonds. The van der Waals surface area contributed by atoms with Gasteiger partial charge in [0.2, 0.25) is 5.95 Å². The highest BCUT2D eigenvalue weighted by molar-refractivity contribution is 7.03. The molecular formula is C24H30N10O2S. The molecule has 0 aromatic carbocycles. The van der Waals surface area contributed by atoms with Crippen molar-refractivity contribution < 1.29 is 4.79 Å². The third kappa shape index (κ3) is 4.86. The lowest BCUT2D eigenvalue weighted by Gasteiger charge is -2.20. The van der Waals surface area contributed by atoms with Crippen LogP contribution in [0.2, 0.25) is 0 Å². The summed E-state index contributed by atoms with van der Waals surface area (Å²) in [4.78, 5) is 36.7. The van der Waals surface area contributed by atoms with E-state index >= 15 is 0 Å². The van der Waals surface area contributed by atoms with E-state index in [2.05, 4.69) is 51.1 Å². The summed E-state index contributed by atoms with van der Waals surface area (Å²) in [6.45, 7) is 7.32. The van der Waals surface area contributed by atoms with Crippen LogP contribution in [0.4, 0.5) is 22.1 Å². The fourth-order valence-electron chi connectivity index (χ4n) is 4.36. The van der Waals surface area contributed by atoms with E-state index in [9.17, 15) is 9.59 Å². The van der Waals surface area contributed by atoms with Crippen LogP contribution in [-0.2, 0) is 12.6 Å². The molecule has 3 N–H and O–H groups in total. The molecule has 12 nitrogen and oxygen atoms in total. The van der Waals surface area contributed by atoms with Crippen LogP contribution >= 0.6 is 11.5 Å². The molecule has 0 spiro atoms. The van der Waals surface area contributed by atoms with Crippen molar-refractivity contribution in [1.29, 1.82) is 0 Å². The minimum absolute atomic E-state index is 0.118. The van der Waals surface area contributed by atoms with Crippen molar-refractivity contribution in [3.05, 3.63) is 40.4 Å². The molecule has 1 unspecified atom stereocenters. The second-order valence-electron chi connectivity index (χ2n) is 10.1. The van der Waals surface area contributed by atoms with E-state index in [1.807, 2.05) is 27.2 Å². The fraction of sp³-hybridized carbons (Fsp3) is 0.417. The highest BCUT2D eigenvalue weighted by Crippen LogP contribution is 2.30. The van der Waals surface area contributed by atoms with Gasteiger partial charge in [0, 0.05) is 62.0 Å². The average molecular weight is 523 g/mol. The largest absolute Gasteiger partial charge is 0.365 e. The van der Waals surface area contributed by atoms with Gasteiger partial charge in [-0.2, -0.15) is 10.1 Å². The number of hydrogen-bond donors (Lipinski definition) is 3. The lowest BCUT2D eigenvalue weighted by molar-refractivity contribution is 0.249. The van der Waals surface area contributed by atoms with Gasteiger partial charge >= 0.3 is 6.03 Å². The lowest BCUT2D eigenvalue weighted by atomic mass is 10.1. The second-order valence-corrected chi connectivity index (χ2v) is 10.7. The van der Waals surface area contributed by atoms with Crippen molar-refractivity contribution in [3.63, 3.8) is 0 Å². The topological polar surface area (TPSA) is 135 Å². The maximum atomic E-state index is 13.1. The number of carbonyl (C=O) groups excluding carboxylic acids is 1. The van der Waals surface area contributed by atoms with Crippen molar-refractivity contribution in [2.75, 3.05) is 35.7 Å². The molecule has 4 aromatic heterocycles. The highest BCUT2D eigenvalue weighted by atomic mass is 32.1. The van der Waals surface area contributed by atoms with E-state index in [-0.39, 0.29) is 23.2 Å². The molecule has 0 bridgehead atoms. The summed E-state index contributed by atoms with van der Waals surface area (Å²) in [6, 6.07) is 1.39. The van der Waals surface area contributed by atoms with Gasteiger partial charge in [-0.25, -0.2) is 14.2 Å². The van der Waals surface area contributed by atoms with Gasteiger partial charge in [-0.3, -0.25) is 14.0 Å². The lowest BCUT2D eigenvalue weighted by Crippen LogP contribution is -2.40. The number of nitrogens with one attached hydrogen (secondary N) is 3. The predicted octanol–water partition coefficient (Wildman–Crippen LogP) is 2.85. The summed E-state index contributed by atoms with van der Waals surface area (Å²) in [6.07, 6.45) is 6.00. The summed E-state index contributed by atoms with van der Waals surface area (Å²) >= 11 is 1.34. The Balaban J connectivity index is 1.31. The Morgan fingerprint density at radius 3 is 2.76 bits per heavy atom. The van der Waals surface area contributed by atoms with Crippen molar-refractivity contribution in [2.45, 2.75) is 38.8 Å². The van der Waals surface area contributed by atoms with E-state index in [1.165, 1.54) is 16.1 Å². The maximum Gasteiger partial charge on any atom is 0.319 e. The van der Waals surface area contributed by atoms with E-state index in [1.54, 1.807) is 26.5 Å². The number of hydrogen-bond acceptors (Lipinski definition) is 9. The van der Waals surface area contributed by atoms with Gasteiger partial charge < -0.3 is 20.9 Å². The number of rotatable bonds is 5. The van der Waals surface area contributed by atoms with Crippen LogP contribution in [0.5, 0.6) is 0 Å². The summed E-state index contributed by atoms with van der Waals surface area (Å²) in [5.41, 5.74) is 2.90. The Kier molecular flexibility index (Phi) is 6.31. The van der Waals surface area contributed by atoms with Crippen molar-refractivity contribution in [1.82, 2.24) is 34.0 Å². The number of aryl methyl sites for hydroxylation is 1. The summed E-state index contributed by atoms with van der Waals surface area (Å²) in [7, 11) is 3.44. The zero-order valence-electron chi connectivity index (χ0n) is 21.4. The van der Waals surface area contributed by atoms with Crippen molar-refractivity contribution in [3.8, 4) is 11.3 Å². The molecule has 1 aliphatic heterocycles. The second kappa shape index (κ2) is 9.47. The summed E-state index contributed by atoms with van der Waals surface area (Å²) in [5.74, 6) is 0.457. The molecule has 1 saturated heterocycles. The minimum atomic E-state index is -0.316. The molecule has 37 heavy (non-hydrogen) atoms. The quantitative estimate of drug-likeness (QED) is 0.364. The van der Waals surface area contributed by atoms with E-state index in [0.717, 1.165) is 10.9 Å². The number of urea groups is 1. The Bertz CT molecular complexity index is 1500. The number of aromatic nitrogens is 6. The monoisotopic (exact) mass is 522 g/mol. The van der Waals surface area contributed by atoms with E-state index in [0.29, 0.717) is 48.2 Å². The summed E-state index contributed by atoms with van der Waals surface area (Å²) < 4.78 is 7.55. The molecule has 5 heterocycles. The standard InChI is InChI=1S/C24H30N10O2S/c1-24(2,3)34-12-17(19(31-34)15-10-27-37-13-15)29-23(36)28-16-6-7-33(11-16)18-8-14-9-26-22(25-4)30-20(14)32(5)21(18)35/h8-10,12-13,16H,6-7,11H2,1-5H3,(H,25,26,30)(H2,28,29,36).